The number of anilines is 1. The molecule has 0 saturated heterocycles. The molecule has 2 aromatic rings. The largest absolute Gasteiger partial charge is 0.336 e. The molecule has 0 unspecified atom stereocenters. The Bertz CT molecular complexity index is 928. The third-order valence-corrected chi connectivity index (χ3v) is 6.74. The van der Waals surface area contributed by atoms with Crippen molar-refractivity contribution in [3.8, 4) is 16.9 Å². The number of hydrogen-bond acceptors (Lipinski definition) is 4. The number of fused-ring (bicyclic) bond motifs is 1. The Morgan fingerprint density at radius 1 is 1.10 bits per heavy atom. The highest BCUT2D eigenvalue weighted by Gasteiger charge is 2.31. The molecule has 2 fully saturated rings. The number of carbonyl (C=O) groups is 1. The molecule has 1 aliphatic heterocycles. The number of carbonyl (C=O) groups excluding carboxylic acids is 1. The fraction of sp³-hybridized carbons (Fsp3) is 0.583. The summed E-state index contributed by atoms with van der Waals surface area (Å²) >= 11 is 0. The van der Waals surface area contributed by atoms with E-state index in [9.17, 15) is 4.79 Å². The summed E-state index contributed by atoms with van der Waals surface area (Å²) in [5, 5.41) is 4.57. The average molecular weight is 410 g/mol. The zero-order chi connectivity index (χ0) is 20.7. The minimum atomic E-state index is 0.0666. The molecule has 2 saturated carbocycles. The van der Waals surface area contributed by atoms with Crippen LogP contribution in [0.15, 0.2) is 24.5 Å². The number of rotatable bonds is 5. The van der Waals surface area contributed by atoms with Gasteiger partial charge in [-0.3, -0.25) is 9.48 Å². The zero-order valence-electron chi connectivity index (χ0n) is 18.0. The maximum Gasteiger partial charge on any atom is 0.224 e. The molecule has 1 aromatic carbocycles. The van der Waals surface area contributed by atoms with Crippen LogP contribution in [-0.4, -0.2) is 27.8 Å². The first kappa shape index (κ1) is 19.6. The highest BCUT2D eigenvalue weighted by molar-refractivity contribution is 5.95. The van der Waals surface area contributed by atoms with Gasteiger partial charge in [0.2, 0.25) is 5.91 Å². The predicted molar refractivity (Wildman–Crippen MR) is 115 cm³/mol. The predicted octanol–water partition coefficient (Wildman–Crippen LogP) is 5.22. The molecule has 0 N–H and O–H groups in total. The molecular formula is C24H31N3O3. The quantitative estimate of drug-likeness (QED) is 0.502. The third-order valence-electron chi connectivity index (χ3n) is 6.74. The minimum Gasteiger partial charge on any atom is -0.336 e. The van der Waals surface area contributed by atoms with E-state index in [-0.39, 0.29) is 18.1 Å². The summed E-state index contributed by atoms with van der Waals surface area (Å²) in [7, 11) is 0. The van der Waals surface area contributed by atoms with E-state index in [2.05, 4.69) is 35.0 Å². The minimum absolute atomic E-state index is 0.0666. The van der Waals surface area contributed by atoms with Crippen LogP contribution in [0.2, 0.25) is 0 Å². The smallest absolute Gasteiger partial charge is 0.224 e. The summed E-state index contributed by atoms with van der Waals surface area (Å²) < 4.78 is 2.06. The fourth-order valence-electron chi connectivity index (χ4n) is 4.90. The molecule has 6 nitrogen and oxygen atoms in total. The first-order valence-corrected chi connectivity index (χ1v) is 11.5. The molecule has 160 valence electrons. The van der Waals surface area contributed by atoms with Crippen LogP contribution < -0.4 is 9.79 Å². The lowest BCUT2D eigenvalue weighted by Crippen LogP contribution is -2.40. The van der Waals surface area contributed by atoms with E-state index in [0.717, 1.165) is 53.8 Å². The second kappa shape index (κ2) is 8.06. The van der Waals surface area contributed by atoms with Gasteiger partial charge in [-0.1, -0.05) is 19.3 Å². The van der Waals surface area contributed by atoms with Gasteiger partial charge in [-0.05, 0) is 57.6 Å². The Hall–Kier alpha value is -2.34. The van der Waals surface area contributed by atoms with Crippen LogP contribution in [0, 0.1) is 0 Å². The third kappa shape index (κ3) is 3.73. The fourth-order valence-corrected chi connectivity index (χ4v) is 4.90. The summed E-state index contributed by atoms with van der Waals surface area (Å²) in [4.78, 5) is 26.3. The maximum atomic E-state index is 12.4. The second-order valence-electron chi connectivity index (χ2n) is 9.10. The van der Waals surface area contributed by atoms with Crippen molar-refractivity contribution in [3.05, 3.63) is 30.1 Å². The molecule has 6 heteroatoms. The van der Waals surface area contributed by atoms with Crippen LogP contribution in [0.1, 0.15) is 76.8 Å². The molecule has 1 amide bonds. The van der Waals surface area contributed by atoms with Gasteiger partial charge in [0, 0.05) is 35.9 Å². The zero-order valence-corrected chi connectivity index (χ0v) is 18.0. The average Bonchev–Trinajstić information content (AvgIpc) is 3.49. The second-order valence-corrected chi connectivity index (χ2v) is 9.10. The van der Waals surface area contributed by atoms with E-state index in [1.807, 2.05) is 11.1 Å². The van der Waals surface area contributed by atoms with E-state index in [1.54, 1.807) is 6.92 Å². The highest BCUT2D eigenvalue weighted by Crippen LogP contribution is 2.44. The van der Waals surface area contributed by atoms with Gasteiger partial charge in [-0.25, -0.2) is 0 Å². The standard InChI is InChI=1S/C24H31N3O3/c1-16-8-11-22-23(27(16)17(2)28)13-12-21(18-14-25-26(15-18)19-9-10-19)24(22)30-29-20-6-4-3-5-7-20/h12-16,19-20H,3-11H2,1-2H3/t16-/m0/s1. The molecule has 2 aliphatic carbocycles. The van der Waals surface area contributed by atoms with Crippen LogP contribution in [0.5, 0.6) is 5.75 Å². The van der Waals surface area contributed by atoms with Crippen LogP contribution in [0.4, 0.5) is 5.69 Å². The van der Waals surface area contributed by atoms with Crippen LogP contribution in [0.3, 0.4) is 0 Å². The number of benzene rings is 1. The van der Waals surface area contributed by atoms with Gasteiger partial charge in [-0.15, -0.1) is 0 Å². The molecule has 2 heterocycles. The summed E-state index contributed by atoms with van der Waals surface area (Å²) in [6.45, 7) is 3.75. The normalized spacial score (nSPS) is 22.1. The van der Waals surface area contributed by atoms with Crippen LogP contribution in [-0.2, 0) is 16.1 Å². The van der Waals surface area contributed by atoms with Gasteiger partial charge in [-0.2, -0.15) is 9.99 Å². The molecule has 3 aliphatic rings. The van der Waals surface area contributed by atoms with Gasteiger partial charge < -0.3 is 9.79 Å². The van der Waals surface area contributed by atoms with Gasteiger partial charge >= 0.3 is 0 Å². The number of nitrogens with zero attached hydrogens (tertiary/aromatic N) is 3. The number of aromatic nitrogens is 2. The Morgan fingerprint density at radius 3 is 2.63 bits per heavy atom. The van der Waals surface area contributed by atoms with Crippen LogP contribution in [0.25, 0.3) is 11.1 Å². The van der Waals surface area contributed by atoms with Crippen molar-refractivity contribution in [3.63, 3.8) is 0 Å². The van der Waals surface area contributed by atoms with E-state index < -0.39 is 0 Å². The molecule has 0 spiro atoms. The first-order valence-electron chi connectivity index (χ1n) is 11.5. The Kier molecular flexibility index (Phi) is 5.27. The molecular weight excluding hydrogens is 378 g/mol. The molecule has 0 radical (unpaired) electrons. The summed E-state index contributed by atoms with van der Waals surface area (Å²) in [5.74, 6) is 0.823. The van der Waals surface area contributed by atoms with Crippen molar-refractivity contribution < 1.29 is 14.6 Å². The van der Waals surface area contributed by atoms with E-state index >= 15 is 0 Å². The molecule has 1 atom stereocenters. The van der Waals surface area contributed by atoms with Crippen molar-refractivity contribution in [1.29, 1.82) is 0 Å². The van der Waals surface area contributed by atoms with E-state index in [0.29, 0.717) is 6.04 Å². The topological polar surface area (TPSA) is 56.6 Å². The molecule has 5 rings (SSSR count). The van der Waals surface area contributed by atoms with Crippen molar-refractivity contribution >= 4 is 11.6 Å². The van der Waals surface area contributed by atoms with E-state index in [4.69, 9.17) is 9.78 Å². The lowest BCUT2D eigenvalue weighted by atomic mass is 9.92. The SMILES string of the molecule is CC(=O)N1c2ccc(-c3cnn(C4CC4)c3)c(OOC3CCCCC3)c2CC[C@@H]1C. The van der Waals surface area contributed by atoms with Gasteiger partial charge in [0.15, 0.2) is 5.75 Å². The van der Waals surface area contributed by atoms with Gasteiger partial charge in [0.05, 0.1) is 17.9 Å². The van der Waals surface area contributed by atoms with Crippen molar-refractivity contribution in [2.24, 2.45) is 0 Å². The summed E-state index contributed by atoms with van der Waals surface area (Å²) in [6.07, 6.45) is 14.1. The Morgan fingerprint density at radius 2 is 1.90 bits per heavy atom. The van der Waals surface area contributed by atoms with Gasteiger partial charge in [0.25, 0.3) is 0 Å². The Labute approximate surface area is 178 Å². The van der Waals surface area contributed by atoms with Crippen molar-refractivity contribution in [2.45, 2.75) is 89.8 Å². The lowest BCUT2D eigenvalue weighted by molar-refractivity contribution is -0.250. The monoisotopic (exact) mass is 409 g/mol. The number of amides is 1. The first-order chi connectivity index (χ1) is 14.6. The van der Waals surface area contributed by atoms with Gasteiger partial charge in [0.1, 0.15) is 6.10 Å². The lowest BCUT2D eigenvalue weighted by Gasteiger charge is -2.35. The Balaban J connectivity index is 1.52. The number of hydrogen-bond donors (Lipinski definition) is 0. The molecule has 1 aromatic heterocycles. The summed E-state index contributed by atoms with van der Waals surface area (Å²) in [6, 6.07) is 4.84. The molecule has 0 bridgehead atoms. The van der Waals surface area contributed by atoms with Crippen molar-refractivity contribution in [1.82, 2.24) is 9.78 Å². The summed E-state index contributed by atoms with van der Waals surface area (Å²) in [5.41, 5.74) is 4.05. The highest BCUT2D eigenvalue weighted by atomic mass is 17.2. The van der Waals surface area contributed by atoms with Crippen LogP contribution >= 0.6 is 0 Å². The van der Waals surface area contributed by atoms with E-state index in [1.165, 1.54) is 32.1 Å². The maximum absolute atomic E-state index is 12.4. The molecule has 30 heavy (non-hydrogen) atoms. The van der Waals surface area contributed by atoms with Crippen molar-refractivity contribution in [2.75, 3.05) is 4.90 Å².